The number of fused-ring (bicyclic) bond motifs is 1. The van der Waals surface area contributed by atoms with Crippen LogP contribution in [0.25, 0.3) is 0 Å². The lowest BCUT2D eigenvalue weighted by Gasteiger charge is -2.17. The Bertz CT molecular complexity index is 1020. The van der Waals surface area contributed by atoms with Crippen molar-refractivity contribution in [3.63, 3.8) is 0 Å². The molecule has 0 bridgehead atoms. The summed E-state index contributed by atoms with van der Waals surface area (Å²) in [6, 6.07) is 15.8. The number of aryl methyl sites for hydroxylation is 1. The van der Waals surface area contributed by atoms with Gasteiger partial charge in [0.1, 0.15) is 5.82 Å². The number of amides is 1. The number of carbonyl (C=O) groups is 1. The number of aromatic nitrogens is 1. The van der Waals surface area contributed by atoms with Gasteiger partial charge in [0.25, 0.3) is 5.91 Å². The molecule has 0 aliphatic carbocycles. The Morgan fingerprint density at radius 1 is 1.07 bits per heavy atom. The Labute approximate surface area is 156 Å². The van der Waals surface area contributed by atoms with Gasteiger partial charge < -0.3 is 5.32 Å². The van der Waals surface area contributed by atoms with Crippen molar-refractivity contribution in [2.75, 3.05) is 11.9 Å². The first-order chi connectivity index (χ1) is 13.1. The lowest BCUT2D eigenvalue weighted by molar-refractivity contribution is 0.102. The van der Waals surface area contributed by atoms with E-state index < -0.39 is 0 Å². The molecule has 0 unspecified atom stereocenters. The number of halogens is 1. The van der Waals surface area contributed by atoms with Gasteiger partial charge in [-0.05, 0) is 55.3 Å². The average Bonchev–Trinajstić information content (AvgIpc) is 2.68. The summed E-state index contributed by atoms with van der Waals surface area (Å²) in [4.78, 5) is 21.0. The molecule has 27 heavy (non-hydrogen) atoms. The van der Waals surface area contributed by atoms with Gasteiger partial charge in [-0.25, -0.2) is 4.39 Å². The third-order valence-corrected chi connectivity index (χ3v) is 4.57. The van der Waals surface area contributed by atoms with Crippen molar-refractivity contribution < 1.29 is 9.18 Å². The zero-order valence-electron chi connectivity index (χ0n) is 14.9. The fourth-order valence-electron chi connectivity index (χ4n) is 3.12. The van der Waals surface area contributed by atoms with E-state index in [1.807, 2.05) is 37.3 Å². The number of hydrogen-bond acceptors (Lipinski definition) is 3. The summed E-state index contributed by atoms with van der Waals surface area (Å²) in [7, 11) is 0. The van der Waals surface area contributed by atoms with Gasteiger partial charge in [-0.3, -0.25) is 14.8 Å². The minimum Gasteiger partial charge on any atom is -0.322 e. The molecule has 0 spiro atoms. The fraction of sp³-hybridized carbons (Fsp3) is 0.136. The maximum atomic E-state index is 13.7. The zero-order valence-corrected chi connectivity index (χ0v) is 14.9. The van der Waals surface area contributed by atoms with Gasteiger partial charge in [0, 0.05) is 35.2 Å². The standard InChI is InChI=1S/C22H18FN3O/c1-14-2-3-17(13-25-14)22(27)26-19-8-5-16(6-9-19)21-20-12-18(23)7-4-15(20)10-11-24-21/h2-9,12-13H,10-11H2,1H3,(H,26,27). The third-order valence-electron chi connectivity index (χ3n) is 4.57. The normalized spacial score (nSPS) is 12.9. The quantitative estimate of drug-likeness (QED) is 0.763. The van der Waals surface area contributed by atoms with Crippen molar-refractivity contribution in [2.24, 2.45) is 4.99 Å². The number of aliphatic imine (C=N–C) groups is 1. The molecule has 2 heterocycles. The van der Waals surface area contributed by atoms with Crippen LogP contribution in [0.3, 0.4) is 0 Å². The van der Waals surface area contributed by atoms with Gasteiger partial charge in [0.15, 0.2) is 0 Å². The number of hydrogen-bond donors (Lipinski definition) is 1. The highest BCUT2D eigenvalue weighted by Gasteiger charge is 2.16. The molecule has 0 atom stereocenters. The molecule has 3 aromatic rings. The molecule has 4 nitrogen and oxygen atoms in total. The number of nitrogens with one attached hydrogen (secondary N) is 1. The summed E-state index contributed by atoms with van der Waals surface area (Å²) in [6.07, 6.45) is 2.37. The first-order valence-corrected chi connectivity index (χ1v) is 8.78. The average molecular weight is 359 g/mol. The van der Waals surface area contributed by atoms with E-state index in [9.17, 15) is 9.18 Å². The second-order valence-corrected chi connectivity index (χ2v) is 6.50. The number of rotatable bonds is 3. The largest absolute Gasteiger partial charge is 0.322 e. The zero-order chi connectivity index (χ0) is 18.8. The van der Waals surface area contributed by atoms with Crippen LogP contribution < -0.4 is 5.32 Å². The highest BCUT2D eigenvalue weighted by atomic mass is 19.1. The SMILES string of the molecule is Cc1ccc(C(=O)Nc2ccc(C3=NCCc4ccc(F)cc43)cc2)cn1. The molecule has 0 saturated heterocycles. The summed E-state index contributed by atoms with van der Waals surface area (Å²) in [5.41, 5.74) is 5.68. The number of carbonyl (C=O) groups excluding carboxylic acids is 1. The Morgan fingerprint density at radius 2 is 1.89 bits per heavy atom. The highest BCUT2D eigenvalue weighted by molar-refractivity contribution is 6.14. The van der Waals surface area contributed by atoms with Gasteiger partial charge in [0.2, 0.25) is 0 Å². The van der Waals surface area contributed by atoms with Gasteiger partial charge in [-0.2, -0.15) is 0 Å². The summed E-state index contributed by atoms with van der Waals surface area (Å²) in [5, 5.41) is 2.86. The van der Waals surface area contributed by atoms with E-state index in [1.165, 1.54) is 12.1 Å². The molecule has 4 rings (SSSR count). The maximum absolute atomic E-state index is 13.7. The van der Waals surface area contributed by atoms with Crippen molar-refractivity contribution >= 4 is 17.3 Å². The third kappa shape index (κ3) is 3.62. The Kier molecular flexibility index (Phi) is 4.50. The van der Waals surface area contributed by atoms with E-state index in [1.54, 1.807) is 18.3 Å². The lowest BCUT2D eigenvalue weighted by Crippen LogP contribution is -2.15. The first kappa shape index (κ1) is 17.1. The van der Waals surface area contributed by atoms with Crippen LogP contribution >= 0.6 is 0 Å². The molecule has 0 fully saturated rings. The molecule has 1 aliphatic rings. The van der Waals surface area contributed by atoms with Crippen molar-refractivity contribution in [3.8, 4) is 0 Å². The smallest absolute Gasteiger partial charge is 0.257 e. The molecule has 2 aromatic carbocycles. The van der Waals surface area contributed by atoms with Gasteiger partial charge in [0.05, 0.1) is 11.3 Å². The van der Waals surface area contributed by atoms with Crippen LogP contribution in [-0.4, -0.2) is 23.1 Å². The van der Waals surface area contributed by atoms with E-state index >= 15 is 0 Å². The van der Waals surface area contributed by atoms with Gasteiger partial charge in [-0.1, -0.05) is 18.2 Å². The molecule has 5 heteroatoms. The predicted octanol–water partition coefficient (Wildman–Crippen LogP) is 4.17. The monoisotopic (exact) mass is 359 g/mol. The van der Waals surface area contributed by atoms with Crippen LogP contribution in [0.15, 0.2) is 65.8 Å². The second-order valence-electron chi connectivity index (χ2n) is 6.50. The molecule has 1 amide bonds. The predicted molar refractivity (Wildman–Crippen MR) is 104 cm³/mol. The van der Waals surface area contributed by atoms with Crippen molar-refractivity contribution in [1.29, 1.82) is 0 Å². The summed E-state index contributed by atoms with van der Waals surface area (Å²) < 4.78 is 13.7. The molecule has 1 aromatic heterocycles. The molecule has 1 aliphatic heterocycles. The molecule has 0 radical (unpaired) electrons. The van der Waals surface area contributed by atoms with E-state index in [2.05, 4.69) is 15.3 Å². The topological polar surface area (TPSA) is 54.4 Å². The minimum atomic E-state index is -0.265. The van der Waals surface area contributed by atoms with Crippen molar-refractivity contribution in [1.82, 2.24) is 4.98 Å². The molecular formula is C22H18FN3O. The number of anilines is 1. The summed E-state index contributed by atoms with van der Waals surface area (Å²) in [6.45, 7) is 2.56. The summed E-state index contributed by atoms with van der Waals surface area (Å²) in [5.74, 6) is -0.475. The van der Waals surface area contributed by atoms with Crippen LogP contribution in [0.1, 0.15) is 32.7 Å². The van der Waals surface area contributed by atoms with E-state index in [0.717, 1.165) is 34.5 Å². The van der Waals surface area contributed by atoms with Crippen LogP contribution in [0.5, 0.6) is 0 Å². The lowest BCUT2D eigenvalue weighted by atomic mass is 9.93. The molecule has 134 valence electrons. The van der Waals surface area contributed by atoms with E-state index in [4.69, 9.17) is 0 Å². The van der Waals surface area contributed by atoms with Crippen LogP contribution in [-0.2, 0) is 6.42 Å². The van der Waals surface area contributed by atoms with Crippen molar-refractivity contribution in [3.05, 3.63) is 94.6 Å². The molecule has 1 N–H and O–H groups in total. The number of benzene rings is 2. The second kappa shape index (κ2) is 7.11. The number of nitrogens with zero attached hydrogens (tertiary/aromatic N) is 2. The maximum Gasteiger partial charge on any atom is 0.257 e. The highest BCUT2D eigenvalue weighted by Crippen LogP contribution is 2.22. The molecular weight excluding hydrogens is 341 g/mol. The number of pyridine rings is 1. The molecule has 0 saturated carbocycles. The minimum absolute atomic E-state index is 0.210. The van der Waals surface area contributed by atoms with Gasteiger partial charge in [-0.15, -0.1) is 0 Å². The van der Waals surface area contributed by atoms with Crippen molar-refractivity contribution in [2.45, 2.75) is 13.3 Å². The van der Waals surface area contributed by atoms with Crippen LogP contribution in [0, 0.1) is 12.7 Å². The van der Waals surface area contributed by atoms with E-state index in [-0.39, 0.29) is 11.7 Å². The Balaban J connectivity index is 1.55. The summed E-state index contributed by atoms with van der Waals surface area (Å²) >= 11 is 0. The van der Waals surface area contributed by atoms with Crippen LogP contribution in [0.2, 0.25) is 0 Å². The van der Waals surface area contributed by atoms with Crippen LogP contribution in [0.4, 0.5) is 10.1 Å². The fourth-order valence-corrected chi connectivity index (χ4v) is 3.12. The Morgan fingerprint density at radius 3 is 2.63 bits per heavy atom. The van der Waals surface area contributed by atoms with Gasteiger partial charge >= 0.3 is 0 Å². The Hall–Kier alpha value is -3.34. The van der Waals surface area contributed by atoms with E-state index in [0.29, 0.717) is 17.8 Å². The first-order valence-electron chi connectivity index (χ1n) is 8.78.